The van der Waals surface area contributed by atoms with E-state index in [2.05, 4.69) is 39.9 Å². The zero-order chi connectivity index (χ0) is 15.3. The summed E-state index contributed by atoms with van der Waals surface area (Å²) in [4.78, 5) is 0. The van der Waals surface area contributed by atoms with Crippen LogP contribution in [0.3, 0.4) is 0 Å². The van der Waals surface area contributed by atoms with Crippen molar-refractivity contribution in [3.05, 3.63) is 0 Å². The summed E-state index contributed by atoms with van der Waals surface area (Å²) in [5.41, 5.74) is 0. The molecule has 0 aliphatic carbocycles. The van der Waals surface area contributed by atoms with E-state index in [0.717, 1.165) is 6.54 Å². The molecule has 0 aromatic rings. The smallest absolute Gasteiger partial charge is 0.0609 e. The van der Waals surface area contributed by atoms with Gasteiger partial charge in [-0.25, -0.2) is 0 Å². The highest BCUT2D eigenvalue weighted by Crippen LogP contribution is 2.61. The average Bonchev–Trinajstić information content (AvgIpc) is 2.46. The van der Waals surface area contributed by atoms with Crippen LogP contribution in [0.4, 0.5) is 0 Å². The van der Waals surface area contributed by atoms with E-state index in [4.69, 9.17) is 0 Å². The highest BCUT2D eigenvalue weighted by Gasteiger charge is 2.35. The summed E-state index contributed by atoms with van der Waals surface area (Å²) in [6.45, 7) is 12.8. The Labute approximate surface area is 163 Å². The molecule has 0 amide bonds. The second kappa shape index (κ2) is 18.7. The lowest BCUT2D eigenvalue weighted by atomic mass is 10.2. The van der Waals surface area contributed by atoms with Crippen LogP contribution >= 0.6 is 24.2 Å². The molecule has 0 aliphatic heterocycles. The van der Waals surface area contributed by atoms with E-state index >= 15 is 0 Å². The van der Waals surface area contributed by atoms with Crippen LogP contribution in [-0.2, 0) is 0 Å². The molecule has 1 unspecified atom stereocenters. The number of hydrogen-bond donors (Lipinski definition) is 1. The van der Waals surface area contributed by atoms with E-state index in [0.29, 0.717) is 6.04 Å². The van der Waals surface area contributed by atoms with E-state index in [-0.39, 0.29) is 34.0 Å². The highest BCUT2D eigenvalue weighted by atomic mass is 79.9. The fourth-order valence-corrected chi connectivity index (χ4v) is 8.31. The van der Waals surface area contributed by atoms with Crippen LogP contribution in [0, 0.1) is 0 Å². The van der Waals surface area contributed by atoms with Crippen LogP contribution < -0.4 is 22.3 Å². The van der Waals surface area contributed by atoms with Gasteiger partial charge in [0.1, 0.15) is 0 Å². The Morgan fingerprint density at radius 1 is 0.773 bits per heavy atom. The lowest BCUT2D eigenvalue weighted by molar-refractivity contribution is -0.00000495. The summed E-state index contributed by atoms with van der Waals surface area (Å²) in [7, 11) is -0.663. The Morgan fingerprint density at radius 2 is 1.18 bits per heavy atom. The van der Waals surface area contributed by atoms with Gasteiger partial charge in [0, 0.05) is 13.3 Å². The molecule has 0 bridgehead atoms. The normalized spacial score (nSPS) is 12.4. The Morgan fingerprint density at radius 3 is 1.50 bits per heavy atom. The number of rotatable bonds is 14. The number of hydrogen-bond acceptors (Lipinski definition) is 1. The third kappa shape index (κ3) is 13.8. The lowest BCUT2D eigenvalue weighted by Crippen LogP contribution is -3.00. The molecule has 0 radical (unpaired) electrons. The topological polar surface area (TPSA) is 12.0 Å². The van der Waals surface area contributed by atoms with Crippen LogP contribution in [-0.4, -0.2) is 37.2 Å². The largest absolute Gasteiger partial charge is 1.00 e. The molecular weight excluding hydrogens is 421 g/mol. The van der Waals surface area contributed by atoms with Crippen molar-refractivity contribution in [1.29, 1.82) is 0 Å². The molecular formula is C18H42Br2NP. The monoisotopic (exact) mass is 461 g/mol. The Hall–Kier alpha value is 1.35. The minimum atomic E-state index is -0.663. The molecule has 1 N–H and O–H groups in total. The molecule has 0 saturated carbocycles. The summed E-state index contributed by atoms with van der Waals surface area (Å²) in [5, 5.41) is 3.60. The first-order chi connectivity index (χ1) is 9.64. The minimum Gasteiger partial charge on any atom is -1.00 e. The van der Waals surface area contributed by atoms with Crippen molar-refractivity contribution in [2.75, 3.05) is 31.2 Å². The molecule has 138 valence electrons. The fourth-order valence-electron chi connectivity index (χ4n) is 3.07. The molecule has 0 aromatic carbocycles. The highest BCUT2D eigenvalue weighted by molar-refractivity contribution is 8.93. The van der Waals surface area contributed by atoms with E-state index in [1.807, 2.05) is 0 Å². The SMILES string of the molecule is Br.CCCC[P+](CCCC)(CCCC)CCC(C)NCC.[Br-]. The van der Waals surface area contributed by atoms with Crippen molar-refractivity contribution in [2.45, 2.75) is 85.6 Å². The molecule has 0 rings (SSSR count). The number of unbranched alkanes of at least 4 members (excludes halogenated alkanes) is 3. The lowest BCUT2D eigenvalue weighted by Gasteiger charge is -2.29. The van der Waals surface area contributed by atoms with Gasteiger partial charge in [-0.15, -0.1) is 17.0 Å². The molecule has 1 atom stereocenters. The summed E-state index contributed by atoms with van der Waals surface area (Å²) in [6, 6.07) is 0.712. The van der Waals surface area contributed by atoms with Gasteiger partial charge in [-0.05, 0) is 39.2 Å². The molecule has 1 nitrogen and oxygen atoms in total. The molecule has 0 fully saturated rings. The summed E-state index contributed by atoms with van der Waals surface area (Å²) >= 11 is 0. The van der Waals surface area contributed by atoms with E-state index in [1.165, 1.54) is 44.9 Å². The van der Waals surface area contributed by atoms with Gasteiger partial charge in [0.25, 0.3) is 0 Å². The van der Waals surface area contributed by atoms with Crippen molar-refractivity contribution in [1.82, 2.24) is 5.32 Å². The third-order valence-electron chi connectivity index (χ3n) is 4.55. The maximum atomic E-state index is 3.60. The maximum absolute atomic E-state index is 3.60. The van der Waals surface area contributed by atoms with Gasteiger partial charge in [-0.2, -0.15) is 0 Å². The van der Waals surface area contributed by atoms with Gasteiger partial charge in [0.15, 0.2) is 0 Å². The van der Waals surface area contributed by atoms with Crippen molar-refractivity contribution >= 4 is 24.2 Å². The van der Waals surface area contributed by atoms with Crippen LogP contribution in [0.1, 0.15) is 79.6 Å². The first-order valence-electron chi connectivity index (χ1n) is 9.22. The summed E-state index contributed by atoms with van der Waals surface area (Å²) in [5.74, 6) is 0. The summed E-state index contributed by atoms with van der Waals surface area (Å²) < 4.78 is 0. The molecule has 0 heterocycles. The zero-order valence-electron chi connectivity index (χ0n) is 15.8. The van der Waals surface area contributed by atoms with Crippen LogP contribution in [0.15, 0.2) is 0 Å². The van der Waals surface area contributed by atoms with Crippen molar-refractivity contribution < 1.29 is 17.0 Å². The fraction of sp³-hybridized carbons (Fsp3) is 1.00. The predicted molar refractivity (Wildman–Crippen MR) is 109 cm³/mol. The van der Waals surface area contributed by atoms with Gasteiger partial charge in [-0.3, -0.25) is 0 Å². The van der Waals surface area contributed by atoms with E-state index in [1.54, 1.807) is 24.6 Å². The third-order valence-corrected chi connectivity index (χ3v) is 9.55. The van der Waals surface area contributed by atoms with Crippen molar-refractivity contribution in [2.24, 2.45) is 0 Å². The van der Waals surface area contributed by atoms with Crippen molar-refractivity contribution in [3.8, 4) is 0 Å². The van der Waals surface area contributed by atoms with Crippen LogP contribution in [0.25, 0.3) is 0 Å². The standard InChI is InChI=1S/C18H41NP.2BrH/c1-6-10-14-20(15-11-7-2,16-12-8-3)17-13-18(5)19-9-4;;/h18-19H,6-17H2,1-5H3;2*1H/q+1;;/p-1. The first kappa shape index (κ1) is 28.2. The Kier molecular flexibility index (Phi) is 23.9. The second-order valence-electron chi connectivity index (χ2n) is 6.54. The number of nitrogens with one attached hydrogen (secondary N) is 1. The van der Waals surface area contributed by atoms with Crippen molar-refractivity contribution in [3.63, 3.8) is 0 Å². The molecule has 0 saturated heterocycles. The Balaban J connectivity index is -0.00000180. The van der Waals surface area contributed by atoms with Gasteiger partial charge in [0.2, 0.25) is 0 Å². The van der Waals surface area contributed by atoms with Gasteiger partial charge < -0.3 is 22.3 Å². The van der Waals surface area contributed by atoms with Crippen LogP contribution in [0.2, 0.25) is 0 Å². The molecule has 0 aromatic heterocycles. The number of halogens is 2. The maximum Gasteiger partial charge on any atom is 0.0609 e. The molecule has 4 heteroatoms. The van der Waals surface area contributed by atoms with Gasteiger partial charge in [0.05, 0.1) is 24.6 Å². The summed E-state index contributed by atoms with van der Waals surface area (Å²) in [6.07, 6.45) is 16.2. The van der Waals surface area contributed by atoms with E-state index < -0.39 is 7.26 Å². The van der Waals surface area contributed by atoms with E-state index in [9.17, 15) is 0 Å². The van der Waals surface area contributed by atoms with Crippen LogP contribution in [0.5, 0.6) is 0 Å². The Bertz CT molecular complexity index is 193. The minimum absolute atomic E-state index is 0. The predicted octanol–water partition coefficient (Wildman–Crippen LogP) is 3.37. The quantitative estimate of drug-likeness (QED) is 0.390. The van der Waals surface area contributed by atoms with Gasteiger partial charge >= 0.3 is 0 Å². The first-order valence-corrected chi connectivity index (χ1v) is 11.8. The van der Waals surface area contributed by atoms with Gasteiger partial charge in [-0.1, -0.05) is 47.0 Å². The molecule has 22 heavy (non-hydrogen) atoms. The molecule has 0 spiro atoms. The molecule has 0 aliphatic rings. The second-order valence-corrected chi connectivity index (χ2v) is 11.0. The zero-order valence-corrected chi connectivity index (χ0v) is 20.0. The average molecular weight is 463 g/mol.